The monoisotopic (exact) mass is 625 g/mol. The number of fused-ring (bicyclic) bond motifs is 3. The summed E-state index contributed by atoms with van der Waals surface area (Å²) in [5, 5.41) is 17.3. The van der Waals surface area contributed by atoms with Crippen molar-refractivity contribution in [1.82, 2.24) is 4.57 Å². The van der Waals surface area contributed by atoms with Crippen LogP contribution in [0.4, 0.5) is 0 Å². The molecule has 0 aliphatic rings. The van der Waals surface area contributed by atoms with Crippen LogP contribution in [0.1, 0.15) is 93.0 Å². The Morgan fingerprint density at radius 1 is 0.651 bits per heavy atom. The fourth-order valence-electron chi connectivity index (χ4n) is 6.37. The second-order valence-corrected chi connectivity index (χ2v) is 14.8. The van der Waals surface area contributed by atoms with Crippen molar-refractivity contribution < 1.29 is 5.11 Å². The Hall–Kier alpha value is -2.70. The highest BCUT2D eigenvalue weighted by Gasteiger charge is 2.37. The summed E-state index contributed by atoms with van der Waals surface area (Å²) in [5.41, 5.74) is 6.85. The summed E-state index contributed by atoms with van der Waals surface area (Å²) in [4.78, 5) is 2.38. The molecule has 0 fully saturated rings. The van der Waals surface area contributed by atoms with Crippen LogP contribution in [0.3, 0.4) is 0 Å². The zero-order chi connectivity index (χ0) is 29.8. The minimum Gasteiger partial charge on any atom is -0.376 e. The number of rotatable bonds is 14. The second-order valence-electron chi connectivity index (χ2n) is 11.9. The number of aromatic nitrogens is 1. The molecule has 1 N–H and O–H groups in total. The van der Waals surface area contributed by atoms with E-state index >= 15 is 0 Å². The van der Waals surface area contributed by atoms with Gasteiger partial charge in [-0.2, -0.15) is 0 Å². The maximum absolute atomic E-state index is 13.0. The molecule has 0 aliphatic carbocycles. The predicted molar refractivity (Wildman–Crippen MR) is 190 cm³/mol. The quantitative estimate of drug-likeness (QED) is 0.120. The third-order valence-electron chi connectivity index (χ3n) is 8.95. The highest BCUT2D eigenvalue weighted by molar-refractivity contribution is 7.30. The van der Waals surface area contributed by atoms with Gasteiger partial charge in [0.25, 0.3) is 0 Å². The third kappa shape index (κ3) is 6.02. The van der Waals surface area contributed by atoms with E-state index < -0.39 is 5.60 Å². The van der Waals surface area contributed by atoms with Gasteiger partial charge in [0.2, 0.25) is 0 Å². The summed E-state index contributed by atoms with van der Waals surface area (Å²) in [7, 11) is 2.16. The SMILES string of the molecule is CCCCCCc1ccc(C(O)(c2ccc(CCCCCC)cc2)c2ccsc2-c2cc3c(s2)c2sccc2n3C)cc1. The van der Waals surface area contributed by atoms with Crippen molar-refractivity contribution in [3.63, 3.8) is 0 Å². The van der Waals surface area contributed by atoms with Gasteiger partial charge in [-0.1, -0.05) is 101 Å². The molecule has 4 aromatic heterocycles. The van der Waals surface area contributed by atoms with Crippen molar-refractivity contribution in [2.75, 3.05) is 0 Å². The molecule has 0 radical (unpaired) electrons. The van der Waals surface area contributed by atoms with E-state index in [9.17, 15) is 5.11 Å². The second kappa shape index (κ2) is 13.5. The summed E-state index contributed by atoms with van der Waals surface area (Å²) in [5.74, 6) is 0. The normalized spacial score (nSPS) is 12.2. The standard InChI is InChI=1S/C38H43NOS3/c1-4-6-8-10-12-27-14-18-29(19-15-27)38(40,30-20-16-28(17-21-30)13-11-9-7-5-2)31-22-24-41-35(31)34-26-33-37(43-34)36-32(39(33)3)23-25-42-36/h14-26,40H,4-13H2,1-3H3. The largest absolute Gasteiger partial charge is 0.376 e. The average Bonchev–Trinajstić information content (AvgIpc) is 3.83. The molecule has 0 spiro atoms. The van der Waals surface area contributed by atoms with Crippen LogP contribution in [-0.2, 0) is 25.5 Å². The topological polar surface area (TPSA) is 25.2 Å². The number of aliphatic hydroxyl groups is 1. The Kier molecular flexibility index (Phi) is 9.54. The van der Waals surface area contributed by atoms with E-state index in [1.54, 1.807) is 11.3 Å². The zero-order valence-electron chi connectivity index (χ0n) is 25.7. The van der Waals surface area contributed by atoms with E-state index in [1.165, 1.54) is 87.8 Å². The molecule has 0 bridgehead atoms. The number of benzene rings is 2. The van der Waals surface area contributed by atoms with Crippen molar-refractivity contribution in [3.8, 4) is 9.75 Å². The number of thiophene rings is 3. The van der Waals surface area contributed by atoms with Crippen LogP contribution >= 0.6 is 34.0 Å². The first-order chi connectivity index (χ1) is 21.0. The third-order valence-corrected chi connectivity index (χ3v) is 12.2. The van der Waals surface area contributed by atoms with Crippen molar-refractivity contribution >= 4 is 54.4 Å². The highest BCUT2D eigenvalue weighted by atomic mass is 32.1. The zero-order valence-corrected chi connectivity index (χ0v) is 28.1. The van der Waals surface area contributed by atoms with Gasteiger partial charge in [0, 0.05) is 17.5 Å². The van der Waals surface area contributed by atoms with Crippen molar-refractivity contribution in [2.45, 2.75) is 83.7 Å². The molecule has 4 heterocycles. The Morgan fingerprint density at radius 3 is 1.81 bits per heavy atom. The lowest BCUT2D eigenvalue weighted by Gasteiger charge is -2.30. The molecular weight excluding hydrogens is 583 g/mol. The van der Waals surface area contributed by atoms with E-state index in [4.69, 9.17) is 0 Å². The lowest BCUT2D eigenvalue weighted by Crippen LogP contribution is -2.29. The molecule has 6 rings (SSSR count). The maximum atomic E-state index is 13.0. The fraction of sp³-hybridized carbons (Fsp3) is 0.368. The fourth-order valence-corrected chi connectivity index (χ4v) is 9.73. The number of unbranched alkanes of at least 4 members (excludes halogenated alkanes) is 6. The van der Waals surface area contributed by atoms with Gasteiger partial charge in [0.05, 0.1) is 25.3 Å². The molecule has 43 heavy (non-hydrogen) atoms. The smallest absolute Gasteiger partial charge is 0.142 e. The molecule has 0 aliphatic heterocycles. The van der Waals surface area contributed by atoms with E-state index in [-0.39, 0.29) is 0 Å². The van der Waals surface area contributed by atoms with Gasteiger partial charge in [-0.05, 0) is 76.9 Å². The number of hydrogen-bond donors (Lipinski definition) is 1. The van der Waals surface area contributed by atoms with Gasteiger partial charge in [0.1, 0.15) is 5.60 Å². The summed E-state index contributed by atoms with van der Waals surface area (Å²) in [6.07, 6.45) is 12.3. The molecule has 0 atom stereocenters. The maximum Gasteiger partial charge on any atom is 0.142 e. The minimum atomic E-state index is -1.24. The van der Waals surface area contributed by atoms with Crippen molar-refractivity contribution in [3.05, 3.63) is 105 Å². The van der Waals surface area contributed by atoms with Crippen LogP contribution in [-0.4, -0.2) is 9.67 Å². The number of aryl methyl sites for hydroxylation is 3. The van der Waals surface area contributed by atoms with E-state index in [0.717, 1.165) is 34.4 Å². The molecule has 2 aromatic carbocycles. The lowest BCUT2D eigenvalue weighted by molar-refractivity contribution is 0.126. The average molecular weight is 626 g/mol. The molecule has 0 saturated heterocycles. The molecule has 0 amide bonds. The first kappa shape index (κ1) is 30.3. The molecule has 2 nitrogen and oxygen atoms in total. The Balaban J connectivity index is 1.39. The van der Waals surface area contributed by atoms with E-state index in [2.05, 4.69) is 103 Å². The number of nitrogens with zero attached hydrogens (tertiary/aromatic N) is 1. The van der Waals surface area contributed by atoms with E-state index in [0.29, 0.717) is 0 Å². The van der Waals surface area contributed by atoms with Gasteiger partial charge in [-0.25, -0.2) is 0 Å². The summed E-state index contributed by atoms with van der Waals surface area (Å²) >= 11 is 5.40. The molecule has 6 aromatic rings. The van der Waals surface area contributed by atoms with Crippen LogP contribution in [0.2, 0.25) is 0 Å². The van der Waals surface area contributed by atoms with Gasteiger partial charge >= 0.3 is 0 Å². The highest BCUT2D eigenvalue weighted by Crippen LogP contribution is 2.48. The van der Waals surface area contributed by atoms with Gasteiger partial charge < -0.3 is 9.67 Å². The van der Waals surface area contributed by atoms with Crippen LogP contribution in [0, 0.1) is 0 Å². The van der Waals surface area contributed by atoms with Crippen LogP contribution in [0.25, 0.3) is 30.2 Å². The van der Waals surface area contributed by atoms with Crippen LogP contribution < -0.4 is 0 Å². The van der Waals surface area contributed by atoms with Crippen molar-refractivity contribution in [2.24, 2.45) is 7.05 Å². The van der Waals surface area contributed by atoms with Crippen LogP contribution in [0.15, 0.2) is 77.5 Å². The Bertz CT molecular complexity index is 1710. The first-order valence-electron chi connectivity index (χ1n) is 16.0. The predicted octanol–water partition coefficient (Wildman–Crippen LogP) is 11.7. The minimum absolute atomic E-state index is 0.932. The first-order valence-corrected chi connectivity index (χ1v) is 18.6. The lowest BCUT2D eigenvalue weighted by atomic mass is 9.79. The van der Waals surface area contributed by atoms with Gasteiger partial charge in [0.15, 0.2) is 0 Å². The Labute approximate surface area is 268 Å². The van der Waals surface area contributed by atoms with E-state index in [1.807, 2.05) is 22.7 Å². The summed E-state index contributed by atoms with van der Waals surface area (Å²) in [6.45, 7) is 4.52. The van der Waals surface area contributed by atoms with Crippen LogP contribution in [0.5, 0.6) is 0 Å². The summed E-state index contributed by atoms with van der Waals surface area (Å²) < 4.78 is 5.00. The molecule has 224 valence electrons. The molecule has 0 unspecified atom stereocenters. The van der Waals surface area contributed by atoms with Gasteiger partial charge in [-0.3, -0.25) is 0 Å². The molecular formula is C38H43NOS3. The van der Waals surface area contributed by atoms with Gasteiger partial charge in [-0.15, -0.1) is 34.0 Å². The number of hydrogen-bond acceptors (Lipinski definition) is 4. The molecule has 5 heteroatoms. The Morgan fingerprint density at radius 2 is 1.23 bits per heavy atom. The summed E-state index contributed by atoms with van der Waals surface area (Å²) in [6, 6.07) is 24.2. The molecule has 0 saturated carbocycles. The van der Waals surface area contributed by atoms with Crippen molar-refractivity contribution in [1.29, 1.82) is 0 Å².